The van der Waals surface area contributed by atoms with Crippen LogP contribution in [0.25, 0.3) is 10.6 Å². The zero-order valence-electron chi connectivity index (χ0n) is 12.6. The molecule has 0 N–H and O–H groups in total. The second-order valence-electron chi connectivity index (χ2n) is 4.69. The van der Waals surface area contributed by atoms with Crippen molar-refractivity contribution in [2.75, 3.05) is 20.2 Å². The quantitative estimate of drug-likeness (QED) is 0.823. The van der Waals surface area contributed by atoms with E-state index in [1.54, 1.807) is 16.2 Å². The van der Waals surface area contributed by atoms with Crippen LogP contribution in [0.3, 0.4) is 0 Å². The molecule has 1 amide bonds. The van der Waals surface area contributed by atoms with Crippen LogP contribution in [-0.4, -0.2) is 36.0 Å². The molecule has 0 fully saturated rings. The Kier molecular flexibility index (Phi) is 5.33. The van der Waals surface area contributed by atoms with E-state index in [4.69, 9.17) is 4.74 Å². The second-order valence-corrected chi connectivity index (χ2v) is 5.54. The third-order valence-corrected chi connectivity index (χ3v) is 4.14. The number of benzene rings is 1. The molecule has 21 heavy (non-hydrogen) atoms. The Hall–Kier alpha value is -1.88. The van der Waals surface area contributed by atoms with Gasteiger partial charge in [0.05, 0.1) is 18.7 Å². The molecular weight excluding hydrogens is 284 g/mol. The van der Waals surface area contributed by atoms with E-state index in [1.165, 1.54) is 0 Å². The van der Waals surface area contributed by atoms with E-state index in [2.05, 4.69) is 4.98 Å². The molecule has 1 aromatic carbocycles. The molecule has 1 aromatic heterocycles. The maximum Gasteiger partial charge on any atom is 0.228 e. The standard InChI is InChI=1S/C16H20N2O2S/c1-4-18(3)15(19)10-13-11-21-16(17-13)12-6-8-14(9-7-12)20-5-2/h6-9,11H,4-5,10H2,1-3H3. The molecule has 0 aliphatic heterocycles. The SMILES string of the molecule is CCOc1ccc(-c2nc(CC(=O)N(C)CC)cs2)cc1. The van der Waals surface area contributed by atoms with E-state index in [1.807, 2.05) is 50.5 Å². The lowest BCUT2D eigenvalue weighted by atomic mass is 10.2. The zero-order valence-corrected chi connectivity index (χ0v) is 13.4. The minimum Gasteiger partial charge on any atom is -0.494 e. The Morgan fingerprint density at radius 2 is 2.00 bits per heavy atom. The molecule has 0 aliphatic rings. The molecule has 0 spiro atoms. The predicted octanol–water partition coefficient (Wildman–Crippen LogP) is 3.23. The zero-order chi connectivity index (χ0) is 15.2. The highest BCUT2D eigenvalue weighted by Gasteiger charge is 2.11. The highest BCUT2D eigenvalue weighted by molar-refractivity contribution is 7.13. The number of carbonyl (C=O) groups is 1. The molecule has 5 heteroatoms. The molecule has 1 heterocycles. The Morgan fingerprint density at radius 1 is 1.29 bits per heavy atom. The predicted molar refractivity (Wildman–Crippen MR) is 85.7 cm³/mol. The summed E-state index contributed by atoms with van der Waals surface area (Å²) in [6.45, 7) is 5.30. The molecule has 0 atom stereocenters. The molecule has 2 aromatic rings. The van der Waals surface area contributed by atoms with Gasteiger partial charge in [-0.2, -0.15) is 0 Å². The lowest BCUT2D eigenvalue weighted by Crippen LogP contribution is -2.27. The normalized spacial score (nSPS) is 10.4. The van der Waals surface area contributed by atoms with Crippen molar-refractivity contribution in [2.24, 2.45) is 0 Å². The Bertz CT molecular complexity index is 593. The van der Waals surface area contributed by atoms with Gasteiger partial charge in [0.1, 0.15) is 10.8 Å². The molecule has 0 bridgehead atoms. The lowest BCUT2D eigenvalue weighted by Gasteiger charge is -2.12. The first-order chi connectivity index (χ1) is 10.1. The van der Waals surface area contributed by atoms with Crippen molar-refractivity contribution in [3.8, 4) is 16.3 Å². The van der Waals surface area contributed by atoms with Gasteiger partial charge in [0.15, 0.2) is 0 Å². The summed E-state index contributed by atoms with van der Waals surface area (Å²) in [7, 11) is 1.81. The monoisotopic (exact) mass is 304 g/mol. The third kappa shape index (κ3) is 4.04. The molecule has 0 saturated carbocycles. The van der Waals surface area contributed by atoms with Crippen LogP contribution in [0.5, 0.6) is 5.75 Å². The average molecular weight is 304 g/mol. The molecule has 112 valence electrons. The van der Waals surface area contributed by atoms with E-state index < -0.39 is 0 Å². The number of ether oxygens (including phenoxy) is 1. The summed E-state index contributed by atoms with van der Waals surface area (Å²) in [6.07, 6.45) is 0.359. The summed E-state index contributed by atoms with van der Waals surface area (Å²) < 4.78 is 5.43. The topological polar surface area (TPSA) is 42.4 Å². The van der Waals surface area contributed by atoms with Crippen molar-refractivity contribution >= 4 is 17.2 Å². The fraction of sp³-hybridized carbons (Fsp3) is 0.375. The molecule has 0 radical (unpaired) electrons. The van der Waals surface area contributed by atoms with E-state index >= 15 is 0 Å². The number of likely N-dealkylation sites (N-methyl/N-ethyl adjacent to an activating group) is 1. The minimum absolute atomic E-state index is 0.0982. The highest BCUT2D eigenvalue weighted by Crippen LogP contribution is 2.26. The number of hydrogen-bond donors (Lipinski definition) is 0. The Balaban J connectivity index is 2.07. The number of thiazole rings is 1. The molecule has 0 aliphatic carbocycles. The summed E-state index contributed by atoms with van der Waals surface area (Å²) >= 11 is 1.56. The van der Waals surface area contributed by atoms with Crippen LogP contribution < -0.4 is 4.74 Å². The van der Waals surface area contributed by atoms with E-state index in [9.17, 15) is 4.79 Å². The molecule has 4 nitrogen and oxygen atoms in total. The van der Waals surface area contributed by atoms with Crippen LogP contribution in [0.1, 0.15) is 19.5 Å². The van der Waals surface area contributed by atoms with Crippen molar-refractivity contribution in [2.45, 2.75) is 20.3 Å². The van der Waals surface area contributed by atoms with Crippen molar-refractivity contribution < 1.29 is 9.53 Å². The van der Waals surface area contributed by atoms with E-state index in [-0.39, 0.29) is 5.91 Å². The lowest BCUT2D eigenvalue weighted by molar-refractivity contribution is -0.129. The van der Waals surface area contributed by atoms with Crippen molar-refractivity contribution in [3.63, 3.8) is 0 Å². The first-order valence-corrected chi connectivity index (χ1v) is 7.93. The summed E-state index contributed by atoms with van der Waals surface area (Å²) in [5, 5.41) is 2.88. The first-order valence-electron chi connectivity index (χ1n) is 7.05. The molecule has 2 rings (SSSR count). The third-order valence-electron chi connectivity index (χ3n) is 3.20. The summed E-state index contributed by atoms with van der Waals surface area (Å²) in [6, 6.07) is 7.87. The van der Waals surface area contributed by atoms with Gasteiger partial charge in [-0.1, -0.05) is 0 Å². The van der Waals surface area contributed by atoms with Gasteiger partial charge in [0.25, 0.3) is 0 Å². The van der Waals surface area contributed by atoms with E-state index in [0.717, 1.165) is 22.0 Å². The van der Waals surface area contributed by atoms with Gasteiger partial charge in [0.2, 0.25) is 5.91 Å². The fourth-order valence-corrected chi connectivity index (χ4v) is 2.67. The van der Waals surface area contributed by atoms with Gasteiger partial charge < -0.3 is 9.64 Å². The molecule has 0 unspecified atom stereocenters. The van der Waals surface area contributed by atoms with Crippen LogP contribution in [0.4, 0.5) is 0 Å². The van der Waals surface area contributed by atoms with Crippen molar-refractivity contribution in [1.29, 1.82) is 0 Å². The molecule has 0 saturated heterocycles. The minimum atomic E-state index is 0.0982. The van der Waals surface area contributed by atoms with Crippen molar-refractivity contribution in [1.82, 2.24) is 9.88 Å². The van der Waals surface area contributed by atoms with Gasteiger partial charge in [-0.3, -0.25) is 4.79 Å². The van der Waals surface area contributed by atoms with Gasteiger partial charge >= 0.3 is 0 Å². The Labute approximate surface area is 129 Å². The number of nitrogens with zero attached hydrogens (tertiary/aromatic N) is 2. The summed E-state index contributed by atoms with van der Waals surface area (Å²) in [5.74, 6) is 0.957. The average Bonchev–Trinajstić information content (AvgIpc) is 2.96. The highest BCUT2D eigenvalue weighted by atomic mass is 32.1. The maximum absolute atomic E-state index is 11.9. The van der Waals surface area contributed by atoms with Gasteiger partial charge in [-0.25, -0.2) is 4.98 Å². The number of rotatable bonds is 6. The van der Waals surface area contributed by atoms with Gasteiger partial charge in [0, 0.05) is 24.5 Å². The second kappa shape index (κ2) is 7.22. The smallest absolute Gasteiger partial charge is 0.228 e. The summed E-state index contributed by atoms with van der Waals surface area (Å²) in [4.78, 5) is 18.1. The van der Waals surface area contributed by atoms with Crippen LogP contribution >= 0.6 is 11.3 Å². The van der Waals surface area contributed by atoms with Crippen LogP contribution in [0.15, 0.2) is 29.6 Å². The number of hydrogen-bond acceptors (Lipinski definition) is 4. The van der Waals surface area contributed by atoms with Crippen molar-refractivity contribution in [3.05, 3.63) is 35.3 Å². The van der Waals surface area contributed by atoms with Gasteiger partial charge in [-0.15, -0.1) is 11.3 Å². The van der Waals surface area contributed by atoms with Gasteiger partial charge in [-0.05, 0) is 38.1 Å². The first kappa shape index (κ1) is 15.5. The van der Waals surface area contributed by atoms with Crippen LogP contribution in [0.2, 0.25) is 0 Å². The largest absolute Gasteiger partial charge is 0.494 e. The molecular formula is C16H20N2O2S. The van der Waals surface area contributed by atoms with Crippen LogP contribution in [-0.2, 0) is 11.2 Å². The number of aromatic nitrogens is 1. The number of carbonyl (C=O) groups excluding carboxylic acids is 1. The van der Waals surface area contributed by atoms with Crippen LogP contribution in [0, 0.1) is 0 Å². The maximum atomic E-state index is 11.9. The fourth-order valence-electron chi connectivity index (χ4n) is 1.85. The Morgan fingerprint density at radius 3 is 2.62 bits per heavy atom. The van der Waals surface area contributed by atoms with E-state index in [0.29, 0.717) is 19.6 Å². The summed E-state index contributed by atoms with van der Waals surface area (Å²) in [5.41, 5.74) is 1.88. The number of amides is 1.